The lowest BCUT2D eigenvalue weighted by molar-refractivity contribution is 0.197. The van der Waals surface area contributed by atoms with E-state index in [0.29, 0.717) is 6.61 Å². The summed E-state index contributed by atoms with van der Waals surface area (Å²) in [4.78, 5) is 0. The SMILES string of the molecule is CCCCCNCC(Cl)COC. The average molecular weight is 194 g/mol. The Balaban J connectivity index is 2.97. The molecule has 1 unspecified atom stereocenters. The second-order valence-electron chi connectivity index (χ2n) is 2.96. The molecule has 0 aliphatic carbocycles. The van der Waals surface area contributed by atoms with Crippen LogP contribution in [0.25, 0.3) is 0 Å². The van der Waals surface area contributed by atoms with E-state index in [-0.39, 0.29) is 5.38 Å². The van der Waals surface area contributed by atoms with Crippen LogP contribution < -0.4 is 5.32 Å². The molecule has 0 aromatic heterocycles. The van der Waals surface area contributed by atoms with Crippen molar-refractivity contribution in [3.63, 3.8) is 0 Å². The molecule has 0 aromatic rings. The highest BCUT2D eigenvalue weighted by atomic mass is 35.5. The van der Waals surface area contributed by atoms with Crippen LogP contribution in [0.3, 0.4) is 0 Å². The van der Waals surface area contributed by atoms with Crippen LogP contribution in [0.1, 0.15) is 26.2 Å². The van der Waals surface area contributed by atoms with Crippen LogP contribution in [0.5, 0.6) is 0 Å². The molecule has 0 saturated carbocycles. The third-order valence-corrected chi connectivity index (χ3v) is 1.95. The van der Waals surface area contributed by atoms with Crippen molar-refractivity contribution in [3.05, 3.63) is 0 Å². The molecular formula is C9H20ClNO. The van der Waals surface area contributed by atoms with Crippen LogP contribution in [0.4, 0.5) is 0 Å². The lowest BCUT2D eigenvalue weighted by atomic mass is 10.2. The Morgan fingerprint density at radius 1 is 1.42 bits per heavy atom. The summed E-state index contributed by atoms with van der Waals surface area (Å²) in [7, 11) is 1.67. The normalized spacial score (nSPS) is 13.2. The predicted molar refractivity (Wildman–Crippen MR) is 53.9 cm³/mol. The fraction of sp³-hybridized carbons (Fsp3) is 1.00. The molecule has 0 amide bonds. The zero-order chi connectivity index (χ0) is 9.23. The molecule has 0 aliphatic rings. The van der Waals surface area contributed by atoms with Crippen molar-refractivity contribution in [1.29, 1.82) is 0 Å². The van der Waals surface area contributed by atoms with Gasteiger partial charge in [-0.15, -0.1) is 11.6 Å². The predicted octanol–water partition coefficient (Wildman–Crippen LogP) is 2.02. The Kier molecular flexibility index (Phi) is 9.46. The Bertz CT molecular complexity index is 90.6. The molecule has 1 N–H and O–H groups in total. The van der Waals surface area contributed by atoms with Crippen molar-refractivity contribution in [2.45, 2.75) is 31.6 Å². The lowest BCUT2D eigenvalue weighted by Crippen LogP contribution is -2.26. The van der Waals surface area contributed by atoms with Gasteiger partial charge in [-0.25, -0.2) is 0 Å². The second-order valence-corrected chi connectivity index (χ2v) is 3.58. The zero-order valence-corrected chi connectivity index (χ0v) is 8.86. The molecule has 0 bridgehead atoms. The Hall–Kier alpha value is 0.210. The molecule has 1 atom stereocenters. The summed E-state index contributed by atoms with van der Waals surface area (Å²) < 4.78 is 4.91. The average Bonchev–Trinajstić information content (AvgIpc) is 2.05. The van der Waals surface area contributed by atoms with Gasteiger partial charge in [-0.3, -0.25) is 0 Å². The standard InChI is InChI=1S/C9H20ClNO/c1-3-4-5-6-11-7-9(10)8-12-2/h9,11H,3-8H2,1-2H3. The lowest BCUT2D eigenvalue weighted by Gasteiger charge is -2.08. The fourth-order valence-electron chi connectivity index (χ4n) is 0.998. The summed E-state index contributed by atoms with van der Waals surface area (Å²) in [5, 5.41) is 3.40. The molecule has 0 aromatic carbocycles. The Morgan fingerprint density at radius 3 is 2.75 bits per heavy atom. The maximum absolute atomic E-state index is 5.91. The topological polar surface area (TPSA) is 21.3 Å². The van der Waals surface area contributed by atoms with Crippen LogP contribution in [0.15, 0.2) is 0 Å². The molecule has 0 aliphatic heterocycles. The molecule has 12 heavy (non-hydrogen) atoms. The van der Waals surface area contributed by atoms with E-state index in [1.165, 1.54) is 19.3 Å². The molecule has 0 fully saturated rings. The minimum absolute atomic E-state index is 0.108. The first-order chi connectivity index (χ1) is 5.81. The molecule has 0 heterocycles. The summed E-state index contributed by atoms with van der Waals surface area (Å²) in [6.45, 7) is 4.75. The minimum atomic E-state index is 0.108. The van der Waals surface area contributed by atoms with E-state index < -0.39 is 0 Å². The number of rotatable bonds is 8. The molecule has 0 radical (unpaired) electrons. The summed E-state index contributed by atoms with van der Waals surface area (Å²) in [5.74, 6) is 0. The summed E-state index contributed by atoms with van der Waals surface area (Å²) in [6, 6.07) is 0. The maximum Gasteiger partial charge on any atom is 0.0693 e. The van der Waals surface area contributed by atoms with Gasteiger partial charge in [0.05, 0.1) is 12.0 Å². The van der Waals surface area contributed by atoms with Gasteiger partial charge in [0, 0.05) is 13.7 Å². The largest absolute Gasteiger partial charge is 0.383 e. The first-order valence-electron chi connectivity index (χ1n) is 4.65. The number of alkyl halides is 1. The first-order valence-corrected chi connectivity index (χ1v) is 5.08. The second kappa shape index (κ2) is 9.30. The smallest absolute Gasteiger partial charge is 0.0693 e. The van der Waals surface area contributed by atoms with Crippen molar-refractivity contribution in [1.82, 2.24) is 5.32 Å². The van der Waals surface area contributed by atoms with E-state index in [4.69, 9.17) is 16.3 Å². The minimum Gasteiger partial charge on any atom is -0.383 e. The van der Waals surface area contributed by atoms with Crippen LogP contribution in [-0.2, 0) is 4.74 Å². The van der Waals surface area contributed by atoms with Crippen LogP contribution in [0, 0.1) is 0 Å². The number of nitrogens with one attached hydrogen (secondary N) is 1. The number of methoxy groups -OCH3 is 1. The molecule has 74 valence electrons. The third kappa shape index (κ3) is 8.31. The van der Waals surface area contributed by atoms with Crippen LogP contribution in [0.2, 0.25) is 0 Å². The van der Waals surface area contributed by atoms with Gasteiger partial charge >= 0.3 is 0 Å². The summed E-state index contributed by atoms with van der Waals surface area (Å²) in [6.07, 6.45) is 3.81. The first kappa shape index (κ1) is 12.2. The van der Waals surface area contributed by atoms with Crippen LogP contribution in [-0.4, -0.2) is 32.2 Å². The van der Waals surface area contributed by atoms with Crippen LogP contribution >= 0.6 is 11.6 Å². The van der Waals surface area contributed by atoms with Gasteiger partial charge in [-0.1, -0.05) is 19.8 Å². The number of hydrogen-bond donors (Lipinski definition) is 1. The molecular weight excluding hydrogens is 174 g/mol. The zero-order valence-electron chi connectivity index (χ0n) is 8.11. The summed E-state index contributed by atoms with van der Waals surface area (Å²) in [5.41, 5.74) is 0. The third-order valence-electron chi connectivity index (χ3n) is 1.67. The Morgan fingerprint density at radius 2 is 2.17 bits per heavy atom. The Labute approximate surface area is 80.6 Å². The number of ether oxygens (including phenoxy) is 1. The number of halogens is 1. The van der Waals surface area contributed by atoms with Gasteiger partial charge in [0.15, 0.2) is 0 Å². The maximum atomic E-state index is 5.91. The molecule has 3 heteroatoms. The molecule has 0 saturated heterocycles. The fourth-order valence-corrected chi connectivity index (χ4v) is 1.23. The van der Waals surface area contributed by atoms with E-state index in [1.54, 1.807) is 7.11 Å². The highest BCUT2D eigenvalue weighted by molar-refractivity contribution is 6.20. The highest BCUT2D eigenvalue weighted by Gasteiger charge is 2.01. The van der Waals surface area contributed by atoms with Crippen molar-refractivity contribution < 1.29 is 4.74 Å². The van der Waals surface area contributed by atoms with E-state index >= 15 is 0 Å². The molecule has 2 nitrogen and oxygen atoms in total. The van der Waals surface area contributed by atoms with E-state index in [1.807, 2.05) is 0 Å². The highest BCUT2D eigenvalue weighted by Crippen LogP contribution is 1.95. The van der Waals surface area contributed by atoms with Gasteiger partial charge in [0.2, 0.25) is 0 Å². The van der Waals surface area contributed by atoms with Gasteiger partial charge in [-0.05, 0) is 13.0 Å². The van der Waals surface area contributed by atoms with Crippen molar-refractivity contribution in [3.8, 4) is 0 Å². The van der Waals surface area contributed by atoms with Gasteiger partial charge in [0.1, 0.15) is 0 Å². The van der Waals surface area contributed by atoms with Gasteiger partial charge in [0.25, 0.3) is 0 Å². The number of unbranched alkanes of at least 4 members (excludes halogenated alkanes) is 2. The van der Waals surface area contributed by atoms with Crippen molar-refractivity contribution >= 4 is 11.6 Å². The van der Waals surface area contributed by atoms with Crippen molar-refractivity contribution in [2.75, 3.05) is 26.8 Å². The number of hydrogen-bond acceptors (Lipinski definition) is 2. The molecule has 0 rings (SSSR count). The van der Waals surface area contributed by atoms with E-state index in [0.717, 1.165) is 13.1 Å². The van der Waals surface area contributed by atoms with Crippen molar-refractivity contribution in [2.24, 2.45) is 0 Å². The van der Waals surface area contributed by atoms with Gasteiger partial charge < -0.3 is 10.1 Å². The monoisotopic (exact) mass is 193 g/mol. The van der Waals surface area contributed by atoms with E-state index in [9.17, 15) is 0 Å². The van der Waals surface area contributed by atoms with Gasteiger partial charge in [-0.2, -0.15) is 0 Å². The quantitative estimate of drug-likeness (QED) is 0.471. The van der Waals surface area contributed by atoms with E-state index in [2.05, 4.69) is 12.2 Å². The molecule has 0 spiro atoms. The summed E-state index contributed by atoms with van der Waals surface area (Å²) >= 11 is 5.91.